The van der Waals surface area contributed by atoms with Crippen molar-refractivity contribution in [3.8, 4) is 11.4 Å². The molecule has 2 aromatic rings. The topological polar surface area (TPSA) is 35.0 Å². The van der Waals surface area contributed by atoms with Crippen LogP contribution in [0.4, 0.5) is 0 Å². The van der Waals surface area contributed by atoms with Gasteiger partial charge in [-0.3, -0.25) is 0 Å². The number of hydrogen-bond acceptors (Lipinski definition) is 3. The molecule has 0 spiro atoms. The van der Waals surface area contributed by atoms with Gasteiger partial charge in [-0.1, -0.05) is 41.9 Å². The Morgan fingerprint density at radius 3 is 2.72 bits per heavy atom. The standard InChI is InChI=1S/C14H13ClN2O/c15-13-8-12(11-6-7-18-9-11)16-14(17-13)10-4-2-1-3-5-10/h1-5,8,11H,6-7,9H2. The van der Waals surface area contributed by atoms with Gasteiger partial charge in [0.25, 0.3) is 0 Å². The van der Waals surface area contributed by atoms with Crippen molar-refractivity contribution in [1.29, 1.82) is 0 Å². The fourth-order valence-electron chi connectivity index (χ4n) is 2.13. The zero-order valence-corrected chi connectivity index (χ0v) is 10.6. The summed E-state index contributed by atoms with van der Waals surface area (Å²) >= 11 is 6.09. The first-order valence-corrected chi connectivity index (χ1v) is 6.38. The van der Waals surface area contributed by atoms with Crippen LogP contribution < -0.4 is 0 Å². The van der Waals surface area contributed by atoms with E-state index in [1.165, 1.54) is 0 Å². The van der Waals surface area contributed by atoms with Crippen molar-refractivity contribution >= 4 is 11.6 Å². The lowest BCUT2D eigenvalue weighted by Gasteiger charge is -2.09. The average Bonchev–Trinajstić information content (AvgIpc) is 2.93. The highest BCUT2D eigenvalue weighted by Crippen LogP contribution is 2.27. The van der Waals surface area contributed by atoms with Crippen LogP contribution in [0.3, 0.4) is 0 Å². The molecule has 3 rings (SSSR count). The highest BCUT2D eigenvalue weighted by Gasteiger charge is 2.20. The Labute approximate surface area is 111 Å². The van der Waals surface area contributed by atoms with E-state index in [2.05, 4.69) is 9.97 Å². The van der Waals surface area contributed by atoms with Crippen LogP contribution in [0.25, 0.3) is 11.4 Å². The van der Waals surface area contributed by atoms with E-state index in [-0.39, 0.29) is 0 Å². The molecule has 2 heterocycles. The van der Waals surface area contributed by atoms with Gasteiger partial charge >= 0.3 is 0 Å². The molecule has 3 nitrogen and oxygen atoms in total. The van der Waals surface area contributed by atoms with Gasteiger partial charge in [-0.15, -0.1) is 0 Å². The lowest BCUT2D eigenvalue weighted by atomic mass is 10.0. The van der Waals surface area contributed by atoms with Crippen LogP contribution in [0.2, 0.25) is 5.15 Å². The molecular formula is C14H13ClN2O. The van der Waals surface area contributed by atoms with Crippen molar-refractivity contribution in [3.63, 3.8) is 0 Å². The summed E-state index contributed by atoms with van der Waals surface area (Å²) in [5.41, 5.74) is 1.96. The lowest BCUT2D eigenvalue weighted by molar-refractivity contribution is 0.193. The molecule has 1 aromatic carbocycles. The molecule has 1 fully saturated rings. The monoisotopic (exact) mass is 260 g/mol. The molecule has 1 aliphatic heterocycles. The van der Waals surface area contributed by atoms with Gasteiger partial charge in [-0.25, -0.2) is 9.97 Å². The summed E-state index contributed by atoms with van der Waals surface area (Å²) in [7, 11) is 0. The lowest BCUT2D eigenvalue weighted by Crippen LogP contribution is -2.03. The van der Waals surface area contributed by atoms with Gasteiger partial charge < -0.3 is 4.74 Å². The van der Waals surface area contributed by atoms with E-state index >= 15 is 0 Å². The first kappa shape index (κ1) is 11.6. The number of rotatable bonds is 2. The van der Waals surface area contributed by atoms with Crippen LogP contribution in [0, 0.1) is 0 Å². The molecule has 0 aliphatic carbocycles. The Bertz CT molecular complexity index is 539. The van der Waals surface area contributed by atoms with Crippen LogP contribution in [0.5, 0.6) is 0 Å². The number of benzene rings is 1. The first-order valence-electron chi connectivity index (χ1n) is 6.00. The highest BCUT2D eigenvalue weighted by molar-refractivity contribution is 6.29. The van der Waals surface area contributed by atoms with Crippen molar-refractivity contribution in [1.82, 2.24) is 9.97 Å². The third-order valence-electron chi connectivity index (χ3n) is 3.09. The van der Waals surface area contributed by atoms with E-state index in [9.17, 15) is 0 Å². The molecule has 1 aromatic heterocycles. The van der Waals surface area contributed by atoms with Crippen molar-refractivity contribution in [2.45, 2.75) is 12.3 Å². The summed E-state index contributed by atoms with van der Waals surface area (Å²) in [5.74, 6) is 1.03. The van der Waals surface area contributed by atoms with Crippen LogP contribution in [-0.2, 0) is 4.74 Å². The van der Waals surface area contributed by atoms with Crippen molar-refractivity contribution in [3.05, 3.63) is 47.2 Å². The summed E-state index contributed by atoms with van der Waals surface area (Å²) in [6.07, 6.45) is 1.00. The zero-order valence-electron chi connectivity index (χ0n) is 9.84. The van der Waals surface area contributed by atoms with E-state index in [1.54, 1.807) is 0 Å². The van der Waals surface area contributed by atoms with Gasteiger partial charge in [0, 0.05) is 18.1 Å². The van der Waals surface area contributed by atoms with Crippen LogP contribution >= 0.6 is 11.6 Å². The molecule has 0 saturated carbocycles. The first-order chi connectivity index (χ1) is 8.83. The Hall–Kier alpha value is -1.45. The number of nitrogens with zero attached hydrogens (tertiary/aromatic N) is 2. The van der Waals surface area contributed by atoms with E-state index in [0.29, 0.717) is 16.9 Å². The number of hydrogen-bond donors (Lipinski definition) is 0. The molecule has 0 N–H and O–H groups in total. The quantitative estimate of drug-likeness (QED) is 0.777. The van der Waals surface area contributed by atoms with Gasteiger partial charge in [0.15, 0.2) is 5.82 Å². The van der Waals surface area contributed by atoms with Crippen LogP contribution in [0.15, 0.2) is 36.4 Å². The molecule has 18 heavy (non-hydrogen) atoms. The van der Waals surface area contributed by atoms with E-state index in [1.807, 2.05) is 36.4 Å². The normalized spacial score (nSPS) is 19.1. The Kier molecular flexibility index (Phi) is 3.26. The SMILES string of the molecule is Clc1cc(C2CCOC2)nc(-c2ccccc2)n1. The molecular weight excluding hydrogens is 248 g/mol. The maximum absolute atomic E-state index is 6.09. The summed E-state index contributed by atoms with van der Waals surface area (Å²) in [4.78, 5) is 8.90. The van der Waals surface area contributed by atoms with Gasteiger partial charge in [-0.2, -0.15) is 0 Å². The molecule has 1 saturated heterocycles. The summed E-state index contributed by atoms with van der Waals surface area (Å²) in [6.45, 7) is 1.52. The number of halogens is 1. The largest absolute Gasteiger partial charge is 0.381 e. The summed E-state index contributed by atoms with van der Waals surface area (Å²) in [5, 5.41) is 0.491. The molecule has 0 amide bonds. The van der Waals surface area contributed by atoms with E-state index in [4.69, 9.17) is 16.3 Å². The second kappa shape index (κ2) is 5.04. The second-order valence-corrected chi connectivity index (χ2v) is 4.75. The van der Waals surface area contributed by atoms with Gasteiger partial charge in [-0.05, 0) is 12.5 Å². The minimum absolute atomic E-state index is 0.341. The fourth-order valence-corrected chi connectivity index (χ4v) is 2.32. The summed E-state index contributed by atoms with van der Waals surface area (Å²) < 4.78 is 5.39. The van der Waals surface area contributed by atoms with Crippen molar-refractivity contribution < 1.29 is 4.74 Å². The van der Waals surface area contributed by atoms with Crippen molar-refractivity contribution in [2.75, 3.05) is 13.2 Å². The maximum atomic E-state index is 6.09. The smallest absolute Gasteiger partial charge is 0.161 e. The molecule has 4 heteroatoms. The third kappa shape index (κ3) is 2.37. The van der Waals surface area contributed by atoms with Crippen LogP contribution in [-0.4, -0.2) is 23.2 Å². The van der Waals surface area contributed by atoms with E-state index in [0.717, 1.165) is 30.9 Å². The van der Waals surface area contributed by atoms with Crippen molar-refractivity contribution in [2.24, 2.45) is 0 Å². The maximum Gasteiger partial charge on any atom is 0.161 e. The minimum atomic E-state index is 0.341. The second-order valence-electron chi connectivity index (χ2n) is 4.37. The molecule has 0 bridgehead atoms. The predicted molar refractivity (Wildman–Crippen MR) is 70.7 cm³/mol. The Morgan fingerprint density at radius 2 is 2.00 bits per heavy atom. The highest BCUT2D eigenvalue weighted by atomic mass is 35.5. The fraction of sp³-hybridized carbons (Fsp3) is 0.286. The number of ether oxygens (including phenoxy) is 1. The van der Waals surface area contributed by atoms with Gasteiger partial charge in [0.05, 0.1) is 12.3 Å². The minimum Gasteiger partial charge on any atom is -0.381 e. The number of aromatic nitrogens is 2. The predicted octanol–water partition coefficient (Wildman–Crippen LogP) is 3.30. The molecule has 0 radical (unpaired) electrons. The summed E-state index contributed by atoms with van der Waals surface area (Å²) in [6, 6.07) is 11.7. The molecule has 1 atom stereocenters. The average molecular weight is 261 g/mol. The Morgan fingerprint density at radius 1 is 1.17 bits per heavy atom. The molecule has 92 valence electrons. The Balaban J connectivity index is 2.00. The third-order valence-corrected chi connectivity index (χ3v) is 3.29. The van der Waals surface area contributed by atoms with Gasteiger partial charge in [0.2, 0.25) is 0 Å². The van der Waals surface area contributed by atoms with Gasteiger partial charge in [0.1, 0.15) is 5.15 Å². The van der Waals surface area contributed by atoms with Crippen LogP contribution in [0.1, 0.15) is 18.0 Å². The molecule has 1 unspecified atom stereocenters. The van der Waals surface area contributed by atoms with E-state index < -0.39 is 0 Å². The zero-order chi connectivity index (χ0) is 12.4. The molecule has 1 aliphatic rings.